The van der Waals surface area contributed by atoms with Gasteiger partial charge in [0, 0.05) is 25.0 Å². The van der Waals surface area contributed by atoms with E-state index >= 15 is 0 Å². The van der Waals surface area contributed by atoms with E-state index in [4.69, 9.17) is 0 Å². The van der Waals surface area contributed by atoms with E-state index in [9.17, 15) is 4.39 Å². The van der Waals surface area contributed by atoms with Crippen molar-refractivity contribution in [1.29, 1.82) is 0 Å². The zero-order chi connectivity index (χ0) is 13.1. The molecule has 1 aromatic carbocycles. The molecule has 2 unspecified atom stereocenters. The van der Waals surface area contributed by atoms with Gasteiger partial charge in [-0.15, -0.1) is 0 Å². The molecule has 1 aromatic rings. The highest BCUT2D eigenvalue weighted by Gasteiger charge is 2.28. The van der Waals surface area contributed by atoms with Crippen LogP contribution in [-0.2, 0) is 0 Å². The van der Waals surface area contributed by atoms with Crippen LogP contribution in [0.15, 0.2) is 22.7 Å². The first-order valence-corrected chi connectivity index (χ1v) is 7.04. The lowest BCUT2D eigenvalue weighted by Crippen LogP contribution is -2.32. The molecule has 2 atom stereocenters. The summed E-state index contributed by atoms with van der Waals surface area (Å²) in [4.78, 5) is 0. The summed E-state index contributed by atoms with van der Waals surface area (Å²) in [6, 6.07) is 5.89. The number of nitrogens with one attached hydrogen (secondary N) is 3. The Kier molecular flexibility index (Phi) is 4.72. The highest BCUT2D eigenvalue weighted by atomic mass is 79.9. The molecule has 18 heavy (non-hydrogen) atoms. The van der Waals surface area contributed by atoms with Gasteiger partial charge >= 0.3 is 0 Å². The third kappa shape index (κ3) is 3.29. The second kappa shape index (κ2) is 6.10. The normalized spacial score (nSPS) is 23.8. The zero-order valence-electron chi connectivity index (χ0n) is 10.6. The molecule has 0 spiro atoms. The van der Waals surface area contributed by atoms with Crippen LogP contribution in [0.3, 0.4) is 0 Å². The molecule has 1 heterocycles. The summed E-state index contributed by atoms with van der Waals surface area (Å²) in [5.74, 6) is 0.242. The molecule has 3 N–H and O–H groups in total. The molecule has 0 bridgehead atoms. The smallest absolute Gasteiger partial charge is 0.137 e. The fraction of sp³-hybridized carbons (Fsp3) is 0.538. The molecule has 0 aromatic heterocycles. The first kappa shape index (κ1) is 13.9. The third-order valence-corrected chi connectivity index (χ3v) is 3.79. The van der Waals surface area contributed by atoms with Crippen molar-refractivity contribution in [3.05, 3.63) is 34.1 Å². The molecule has 1 saturated heterocycles. The minimum absolute atomic E-state index is 0.216. The monoisotopic (exact) mass is 315 g/mol. The molecule has 0 amide bonds. The third-order valence-electron chi connectivity index (χ3n) is 3.18. The van der Waals surface area contributed by atoms with Gasteiger partial charge in [-0.3, -0.25) is 5.43 Å². The molecular formula is C13H19BrFN3. The summed E-state index contributed by atoms with van der Waals surface area (Å²) in [6.07, 6.45) is 0. The summed E-state index contributed by atoms with van der Waals surface area (Å²) < 4.78 is 13.8. The van der Waals surface area contributed by atoms with E-state index in [0.29, 0.717) is 16.4 Å². The number of hydrogen-bond donors (Lipinski definition) is 3. The summed E-state index contributed by atoms with van der Waals surface area (Å²) in [7, 11) is 0. The lowest BCUT2D eigenvalue weighted by Gasteiger charge is -2.20. The summed E-state index contributed by atoms with van der Waals surface area (Å²) in [5.41, 5.74) is 7.54. The maximum atomic E-state index is 13.2. The van der Waals surface area contributed by atoms with Gasteiger partial charge in [0.05, 0.1) is 10.5 Å². The van der Waals surface area contributed by atoms with Crippen LogP contribution in [0.4, 0.5) is 4.39 Å². The second-order valence-corrected chi connectivity index (χ2v) is 5.85. The minimum Gasteiger partial charge on any atom is -0.314 e. The van der Waals surface area contributed by atoms with E-state index in [1.807, 2.05) is 12.1 Å². The Labute approximate surface area is 116 Å². The van der Waals surface area contributed by atoms with Crippen molar-refractivity contribution in [2.24, 2.45) is 5.92 Å². The van der Waals surface area contributed by atoms with Gasteiger partial charge < -0.3 is 5.32 Å². The Hall–Kier alpha value is -0.490. The molecule has 3 nitrogen and oxygen atoms in total. The van der Waals surface area contributed by atoms with Crippen LogP contribution < -0.4 is 16.2 Å². The highest BCUT2D eigenvalue weighted by molar-refractivity contribution is 9.10. The predicted molar refractivity (Wildman–Crippen MR) is 74.6 cm³/mol. The van der Waals surface area contributed by atoms with E-state index in [0.717, 1.165) is 18.7 Å². The van der Waals surface area contributed by atoms with Gasteiger partial charge in [0.1, 0.15) is 5.82 Å². The van der Waals surface area contributed by atoms with Crippen molar-refractivity contribution in [2.45, 2.75) is 25.9 Å². The topological polar surface area (TPSA) is 36.1 Å². The maximum absolute atomic E-state index is 13.2. The molecular weight excluding hydrogens is 297 g/mol. The molecule has 100 valence electrons. The van der Waals surface area contributed by atoms with Crippen LogP contribution in [0.2, 0.25) is 0 Å². The highest BCUT2D eigenvalue weighted by Crippen LogP contribution is 2.27. The van der Waals surface area contributed by atoms with Gasteiger partial charge in [-0.1, -0.05) is 19.9 Å². The lowest BCUT2D eigenvalue weighted by molar-refractivity contribution is 0.422. The van der Waals surface area contributed by atoms with Crippen molar-refractivity contribution in [3.63, 3.8) is 0 Å². The Morgan fingerprint density at radius 2 is 2.28 bits per heavy atom. The predicted octanol–water partition coefficient (Wildman–Crippen LogP) is 2.35. The molecule has 0 saturated carbocycles. The van der Waals surface area contributed by atoms with Crippen molar-refractivity contribution in [3.8, 4) is 0 Å². The Bertz CT molecular complexity index is 411. The number of hydrogen-bond acceptors (Lipinski definition) is 3. The number of halogens is 2. The van der Waals surface area contributed by atoms with Crippen LogP contribution in [0, 0.1) is 11.7 Å². The van der Waals surface area contributed by atoms with Crippen molar-refractivity contribution < 1.29 is 4.39 Å². The van der Waals surface area contributed by atoms with Crippen LogP contribution in [0.5, 0.6) is 0 Å². The van der Waals surface area contributed by atoms with Gasteiger partial charge in [-0.2, -0.15) is 0 Å². The van der Waals surface area contributed by atoms with Gasteiger partial charge in [0.2, 0.25) is 0 Å². The first-order valence-electron chi connectivity index (χ1n) is 6.24. The van der Waals surface area contributed by atoms with E-state index in [1.54, 1.807) is 0 Å². The molecule has 0 radical (unpaired) electrons. The Morgan fingerprint density at radius 1 is 1.50 bits per heavy atom. The van der Waals surface area contributed by atoms with Crippen molar-refractivity contribution >= 4 is 15.9 Å². The van der Waals surface area contributed by atoms with Crippen LogP contribution in [0.1, 0.15) is 25.5 Å². The van der Waals surface area contributed by atoms with E-state index in [-0.39, 0.29) is 11.9 Å². The van der Waals surface area contributed by atoms with Crippen LogP contribution >= 0.6 is 15.9 Å². The first-order chi connectivity index (χ1) is 8.58. The number of benzene rings is 1. The average molecular weight is 316 g/mol. The Morgan fingerprint density at radius 3 is 2.94 bits per heavy atom. The number of hydrazine groups is 1. The van der Waals surface area contributed by atoms with Crippen LogP contribution in [0.25, 0.3) is 0 Å². The quantitative estimate of drug-likeness (QED) is 0.798. The SMILES string of the molecule is CC(C)NCC1CNNC1c1ccc(F)c(Br)c1. The zero-order valence-corrected chi connectivity index (χ0v) is 12.2. The summed E-state index contributed by atoms with van der Waals surface area (Å²) >= 11 is 3.24. The molecule has 5 heteroatoms. The van der Waals surface area contributed by atoms with E-state index < -0.39 is 0 Å². The van der Waals surface area contributed by atoms with Gasteiger partial charge in [-0.25, -0.2) is 9.82 Å². The van der Waals surface area contributed by atoms with E-state index in [2.05, 4.69) is 45.9 Å². The second-order valence-electron chi connectivity index (χ2n) is 5.00. The lowest BCUT2D eigenvalue weighted by atomic mass is 9.94. The van der Waals surface area contributed by atoms with E-state index in [1.165, 1.54) is 6.07 Å². The molecule has 2 rings (SSSR count). The molecule has 1 aliphatic heterocycles. The minimum atomic E-state index is -0.221. The Balaban J connectivity index is 2.08. The van der Waals surface area contributed by atoms with Gasteiger partial charge in [0.25, 0.3) is 0 Å². The fourth-order valence-electron chi connectivity index (χ4n) is 2.17. The maximum Gasteiger partial charge on any atom is 0.137 e. The van der Waals surface area contributed by atoms with Crippen molar-refractivity contribution in [2.75, 3.05) is 13.1 Å². The fourth-order valence-corrected chi connectivity index (χ4v) is 2.57. The standard InChI is InChI=1S/C13H19BrFN3/c1-8(2)16-6-10-7-17-18-13(10)9-3-4-12(15)11(14)5-9/h3-5,8,10,13,16-18H,6-7H2,1-2H3. The molecule has 0 aliphatic carbocycles. The summed E-state index contributed by atoms with van der Waals surface area (Å²) in [5, 5.41) is 3.45. The number of rotatable bonds is 4. The molecule has 1 fully saturated rings. The average Bonchev–Trinajstić information content (AvgIpc) is 2.78. The van der Waals surface area contributed by atoms with Gasteiger partial charge in [0.15, 0.2) is 0 Å². The van der Waals surface area contributed by atoms with Crippen LogP contribution in [-0.4, -0.2) is 19.1 Å². The summed E-state index contributed by atoms with van der Waals surface area (Å²) in [6.45, 7) is 6.13. The largest absolute Gasteiger partial charge is 0.314 e. The van der Waals surface area contributed by atoms with Gasteiger partial charge in [-0.05, 0) is 33.6 Å². The van der Waals surface area contributed by atoms with Crippen molar-refractivity contribution in [1.82, 2.24) is 16.2 Å². The molecule has 1 aliphatic rings.